The van der Waals surface area contributed by atoms with Crippen LogP contribution in [0.5, 0.6) is 0 Å². The van der Waals surface area contributed by atoms with E-state index in [4.69, 9.17) is 9.97 Å². The second-order valence-electron chi connectivity index (χ2n) is 7.17. The number of thioether (sulfide) groups is 1. The summed E-state index contributed by atoms with van der Waals surface area (Å²) in [6.07, 6.45) is 6.33. The van der Waals surface area contributed by atoms with Crippen LogP contribution in [-0.2, 0) is 4.79 Å². The molecular formula is C20H21N5OS. The quantitative estimate of drug-likeness (QED) is 0.502. The van der Waals surface area contributed by atoms with Crippen LogP contribution in [0.1, 0.15) is 37.4 Å². The summed E-state index contributed by atoms with van der Waals surface area (Å²) >= 11 is 1.52. The van der Waals surface area contributed by atoms with Crippen LogP contribution < -0.4 is 0 Å². The number of hydrogen-bond donors (Lipinski definition) is 0. The number of para-hydroxylation sites is 1. The third kappa shape index (κ3) is 3.32. The van der Waals surface area contributed by atoms with Gasteiger partial charge in [0.15, 0.2) is 5.65 Å². The van der Waals surface area contributed by atoms with Gasteiger partial charge >= 0.3 is 0 Å². The van der Waals surface area contributed by atoms with Crippen LogP contribution in [-0.4, -0.2) is 49.4 Å². The average Bonchev–Trinajstić information content (AvgIpc) is 3.24. The fraction of sp³-hybridized carbons (Fsp3) is 0.400. The van der Waals surface area contributed by atoms with E-state index < -0.39 is 0 Å². The number of hydrogen-bond acceptors (Lipinski definition) is 5. The Balaban J connectivity index is 1.49. The van der Waals surface area contributed by atoms with Crippen molar-refractivity contribution in [2.45, 2.75) is 36.6 Å². The predicted octanol–water partition coefficient (Wildman–Crippen LogP) is 3.41. The van der Waals surface area contributed by atoms with Gasteiger partial charge < -0.3 is 4.90 Å². The van der Waals surface area contributed by atoms with Crippen molar-refractivity contribution in [2.75, 3.05) is 18.8 Å². The molecular weight excluding hydrogens is 358 g/mol. The standard InChI is InChI=1S/C20H21N5OS/c26-17(24-10-4-5-11-24)13-27-20-16-12-21-25(15-6-2-1-3-7-15)19(16)22-18(23-20)14-8-9-14/h1-3,6-7,12,14H,4-5,8-11,13H2. The van der Waals surface area contributed by atoms with E-state index in [1.807, 2.05) is 46.1 Å². The van der Waals surface area contributed by atoms with Gasteiger partial charge in [-0.05, 0) is 37.8 Å². The van der Waals surface area contributed by atoms with Crippen LogP contribution in [0.4, 0.5) is 0 Å². The Hall–Kier alpha value is -2.41. The Labute approximate surface area is 162 Å². The molecule has 1 saturated carbocycles. The van der Waals surface area contributed by atoms with Gasteiger partial charge in [0.2, 0.25) is 5.91 Å². The summed E-state index contributed by atoms with van der Waals surface area (Å²) in [5.41, 5.74) is 1.81. The van der Waals surface area contributed by atoms with E-state index in [1.165, 1.54) is 11.8 Å². The zero-order valence-electron chi connectivity index (χ0n) is 15.0. The molecule has 1 aliphatic carbocycles. The van der Waals surface area contributed by atoms with E-state index in [2.05, 4.69) is 5.10 Å². The molecule has 2 aromatic heterocycles. The van der Waals surface area contributed by atoms with Crippen LogP contribution in [0.15, 0.2) is 41.6 Å². The van der Waals surface area contributed by atoms with Crippen molar-refractivity contribution in [2.24, 2.45) is 0 Å². The maximum atomic E-state index is 12.5. The molecule has 0 unspecified atom stereocenters. The summed E-state index contributed by atoms with van der Waals surface area (Å²) in [4.78, 5) is 24.0. The highest BCUT2D eigenvalue weighted by atomic mass is 32.2. The highest BCUT2D eigenvalue weighted by molar-refractivity contribution is 8.00. The monoisotopic (exact) mass is 379 g/mol. The molecule has 0 atom stereocenters. The minimum atomic E-state index is 0.202. The van der Waals surface area contributed by atoms with Crippen molar-refractivity contribution in [3.05, 3.63) is 42.4 Å². The lowest BCUT2D eigenvalue weighted by Crippen LogP contribution is -2.29. The topological polar surface area (TPSA) is 63.9 Å². The van der Waals surface area contributed by atoms with Gasteiger partial charge in [-0.2, -0.15) is 5.10 Å². The van der Waals surface area contributed by atoms with Gasteiger partial charge in [-0.25, -0.2) is 14.6 Å². The number of benzene rings is 1. The molecule has 2 fully saturated rings. The third-order valence-corrected chi connectivity index (χ3v) is 6.12. The maximum Gasteiger partial charge on any atom is 0.232 e. The summed E-state index contributed by atoms with van der Waals surface area (Å²) in [5, 5.41) is 6.35. The molecule has 1 aromatic carbocycles. The first-order valence-corrected chi connectivity index (χ1v) is 10.5. The van der Waals surface area contributed by atoms with Crippen LogP contribution >= 0.6 is 11.8 Å². The average molecular weight is 379 g/mol. The smallest absolute Gasteiger partial charge is 0.232 e. The fourth-order valence-corrected chi connectivity index (χ4v) is 4.38. The zero-order chi connectivity index (χ0) is 18.2. The minimum Gasteiger partial charge on any atom is -0.342 e. The Morgan fingerprint density at radius 1 is 1.11 bits per heavy atom. The summed E-state index contributed by atoms with van der Waals surface area (Å²) < 4.78 is 1.87. The highest BCUT2D eigenvalue weighted by Gasteiger charge is 2.29. The highest BCUT2D eigenvalue weighted by Crippen LogP contribution is 2.40. The first-order chi connectivity index (χ1) is 13.3. The van der Waals surface area contributed by atoms with Crippen molar-refractivity contribution in [1.29, 1.82) is 0 Å². The molecule has 1 saturated heterocycles. The molecule has 0 radical (unpaired) electrons. The van der Waals surface area contributed by atoms with Crippen LogP contribution in [0.25, 0.3) is 16.7 Å². The number of carbonyl (C=O) groups is 1. The maximum absolute atomic E-state index is 12.5. The Morgan fingerprint density at radius 3 is 2.63 bits per heavy atom. The number of aromatic nitrogens is 4. The molecule has 138 valence electrons. The zero-order valence-corrected chi connectivity index (χ0v) is 15.9. The van der Waals surface area contributed by atoms with Crippen molar-refractivity contribution < 1.29 is 4.79 Å². The van der Waals surface area contributed by atoms with E-state index in [9.17, 15) is 4.79 Å². The fourth-order valence-electron chi connectivity index (χ4n) is 3.48. The molecule has 1 aliphatic heterocycles. The van der Waals surface area contributed by atoms with Gasteiger partial charge in [0, 0.05) is 19.0 Å². The SMILES string of the molecule is O=C(CSc1nc(C2CC2)nc2c1cnn2-c1ccccc1)N1CCCC1. The number of amides is 1. The van der Waals surface area contributed by atoms with Crippen LogP contribution in [0.3, 0.4) is 0 Å². The Bertz CT molecular complexity index is 977. The number of rotatable bonds is 5. The number of likely N-dealkylation sites (tertiary alicyclic amines) is 1. The summed E-state index contributed by atoms with van der Waals surface area (Å²) in [6.45, 7) is 1.77. The Morgan fingerprint density at radius 2 is 1.89 bits per heavy atom. The number of carbonyl (C=O) groups excluding carboxylic acids is 1. The largest absolute Gasteiger partial charge is 0.342 e. The molecule has 0 bridgehead atoms. The van der Waals surface area contributed by atoms with Crippen molar-refractivity contribution in [3.63, 3.8) is 0 Å². The van der Waals surface area contributed by atoms with Crippen molar-refractivity contribution in [3.8, 4) is 5.69 Å². The Kier molecular flexibility index (Phi) is 4.32. The molecule has 3 aromatic rings. The molecule has 7 heteroatoms. The van der Waals surface area contributed by atoms with Gasteiger partial charge in [0.05, 0.1) is 23.0 Å². The molecule has 1 amide bonds. The van der Waals surface area contributed by atoms with E-state index in [0.717, 1.165) is 66.3 Å². The van der Waals surface area contributed by atoms with E-state index in [0.29, 0.717) is 11.7 Å². The molecule has 2 aliphatic rings. The van der Waals surface area contributed by atoms with Gasteiger partial charge in [-0.3, -0.25) is 4.79 Å². The van der Waals surface area contributed by atoms with E-state index in [-0.39, 0.29) is 5.91 Å². The molecule has 5 rings (SSSR count). The first kappa shape index (κ1) is 16.7. The van der Waals surface area contributed by atoms with Crippen molar-refractivity contribution in [1.82, 2.24) is 24.6 Å². The lowest BCUT2D eigenvalue weighted by molar-refractivity contribution is -0.127. The predicted molar refractivity (Wildman–Crippen MR) is 105 cm³/mol. The van der Waals surface area contributed by atoms with E-state index >= 15 is 0 Å². The molecule has 27 heavy (non-hydrogen) atoms. The lowest BCUT2D eigenvalue weighted by atomic mass is 10.3. The van der Waals surface area contributed by atoms with Gasteiger partial charge in [0.1, 0.15) is 10.9 Å². The van der Waals surface area contributed by atoms with Gasteiger partial charge in [-0.1, -0.05) is 30.0 Å². The number of nitrogens with zero attached hydrogens (tertiary/aromatic N) is 5. The summed E-state index contributed by atoms with van der Waals surface area (Å²) in [6, 6.07) is 10.0. The summed E-state index contributed by atoms with van der Waals surface area (Å²) in [7, 11) is 0. The van der Waals surface area contributed by atoms with Crippen LogP contribution in [0, 0.1) is 0 Å². The molecule has 3 heterocycles. The third-order valence-electron chi connectivity index (χ3n) is 5.15. The normalized spacial score (nSPS) is 17.0. The number of fused-ring (bicyclic) bond motifs is 1. The first-order valence-electron chi connectivity index (χ1n) is 9.51. The minimum absolute atomic E-state index is 0.202. The van der Waals surface area contributed by atoms with Gasteiger partial charge in [-0.15, -0.1) is 0 Å². The summed E-state index contributed by atoms with van der Waals surface area (Å²) in [5.74, 6) is 1.96. The van der Waals surface area contributed by atoms with Crippen molar-refractivity contribution >= 4 is 28.7 Å². The molecule has 6 nitrogen and oxygen atoms in total. The van der Waals surface area contributed by atoms with E-state index in [1.54, 1.807) is 0 Å². The lowest BCUT2D eigenvalue weighted by Gasteiger charge is -2.14. The van der Waals surface area contributed by atoms with Crippen LogP contribution in [0.2, 0.25) is 0 Å². The molecule has 0 N–H and O–H groups in total. The van der Waals surface area contributed by atoms with Gasteiger partial charge in [0.25, 0.3) is 0 Å². The second-order valence-corrected chi connectivity index (χ2v) is 8.13. The molecule has 0 spiro atoms. The second kappa shape index (κ2) is 6.96.